The maximum absolute atomic E-state index is 8.68. The van der Waals surface area contributed by atoms with Crippen LogP contribution in [-0.2, 0) is 0 Å². The Balaban J connectivity index is 3.39. The van der Waals surface area contributed by atoms with E-state index in [0.29, 0.717) is 6.54 Å². The molecule has 0 spiro atoms. The van der Waals surface area contributed by atoms with Gasteiger partial charge in [-0.1, -0.05) is 12.8 Å². The third kappa shape index (κ3) is 7.92. The molecule has 0 aliphatic heterocycles. The molecule has 14 heavy (non-hydrogen) atoms. The van der Waals surface area contributed by atoms with Gasteiger partial charge in [-0.05, 0) is 32.4 Å². The highest BCUT2D eigenvalue weighted by molar-refractivity contribution is 5.78. The van der Waals surface area contributed by atoms with Crippen LogP contribution < -0.4 is 11.5 Å². The summed E-state index contributed by atoms with van der Waals surface area (Å²) in [6.07, 6.45) is 7.14. The van der Waals surface area contributed by atoms with Crippen molar-refractivity contribution in [2.45, 2.75) is 44.9 Å². The van der Waals surface area contributed by atoms with Crippen LogP contribution >= 0.6 is 0 Å². The van der Waals surface area contributed by atoms with Crippen molar-refractivity contribution < 1.29 is 4.79 Å². The quantitative estimate of drug-likeness (QED) is 0.253. The van der Waals surface area contributed by atoms with Gasteiger partial charge in [0.25, 0.3) is 5.71 Å². The molecular weight excluding hydrogens is 176 g/mol. The molecule has 0 radical (unpaired) electrons. The summed E-state index contributed by atoms with van der Waals surface area (Å²) in [7, 11) is 0. The number of hydrogen-bond acceptors (Lipinski definition) is 2. The first-order valence-electron chi connectivity index (χ1n) is 5.45. The third-order valence-corrected chi connectivity index (χ3v) is 2.23. The summed E-state index contributed by atoms with van der Waals surface area (Å²) in [4.78, 5) is 3.28. The van der Waals surface area contributed by atoms with Gasteiger partial charge in [0.05, 0.1) is 0 Å². The maximum Gasteiger partial charge on any atom is 0.268 e. The Morgan fingerprint density at radius 3 is 2.00 bits per heavy atom. The highest BCUT2D eigenvalue weighted by atomic mass is 14.9. The van der Waals surface area contributed by atoms with E-state index in [-0.39, 0.29) is 0 Å². The van der Waals surface area contributed by atoms with E-state index in [9.17, 15) is 0 Å². The average molecular weight is 198 g/mol. The van der Waals surface area contributed by atoms with Crippen LogP contribution in [0.4, 0.5) is 0 Å². The summed E-state index contributed by atoms with van der Waals surface area (Å²) >= 11 is 0. The van der Waals surface area contributed by atoms with Gasteiger partial charge in [0.15, 0.2) is 0 Å². The fourth-order valence-corrected chi connectivity index (χ4v) is 1.36. The normalized spacial score (nSPS) is 9.86. The predicted octanol–water partition coefficient (Wildman–Crippen LogP) is 1.31. The standard InChI is InChI=1S/C10H22N4/c11-8-4-2-1-3-6-10(14-13)7-5-9-12/h1-9,11-12H2. The number of hydrogen-bond donors (Lipinski definition) is 2. The molecule has 0 heterocycles. The Morgan fingerprint density at radius 1 is 0.857 bits per heavy atom. The van der Waals surface area contributed by atoms with Crippen LogP contribution in [0.3, 0.4) is 0 Å². The van der Waals surface area contributed by atoms with Crippen LogP contribution in [0.1, 0.15) is 44.9 Å². The van der Waals surface area contributed by atoms with Crippen molar-refractivity contribution >= 4 is 5.71 Å². The van der Waals surface area contributed by atoms with Gasteiger partial charge in [-0.25, -0.2) is 0 Å². The molecule has 0 aliphatic rings. The molecule has 0 aromatic carbocycles. The molecule has 82 valence electrons. The molecular formula is C10H22N4. The van der Waals surface area contributed by atoms with Crippen LogP contribution in [0.15, 0.2) is 0 Å². The molecule has 4 heteroatoms. The van der Waals surface area contributed by atoms with Crippen molar-refractivity contribution in [3.8, 4) is 0 Å². The number of unbranched alkanes of at least 4 members (excludes halogenated alkanes) is 3. The SMILES string of the molecule is [N-]=[N+]=C(CCCN)CCCCCCN. The minimum Gasteiger partial charge on any atom is -0.362 e. The fourth-order valence-electron chi connectivity index (χ4n) is 1.36. The Morgan fingerprint density at radius 2 is 1.43 bits per heavy atom. The van der Waals surface area contributed by atoms with Crippen molar-refractivity contribution in [3.05, 3.63) is 5.53 Å². The van der Waals surface area contributed by atoms with E-state index in [0.717, 1.165) is 44.4 Å². The second-order valence-corrected chi connectivity index (χ2v) is 3.51. The Bertz CT molecular complexity index is 173. The van der Waals surface area contributed by atoms with Gasteiger partial charge in [-0.15, -0.1) is 0 Å². The van der Waals surface area contributed by atoms with E-state index in [1.165, 1.54) is 12.8 Å². The summed E-state index contributed by atoms with van der Waals surface area (Å²) in [6, 6.07) is 0. The van der Waals surface area contributed by atoms with Gasteiger partial charge >= 0.3 is 0 Å². The number of rotatable bonds is 9. The lowest BCUT2D eigenvalue weighted by atomic mass is 10.1. The largest absolute Gasteiger partial charge is 0.362 e. The molecule has 0 fully saturated rings. The van der Waals surface area contributed by atoms with Crippen LogP contribution in [0, 0.1) is 0 Å². The zero-order valence-electron chi connectivity index (χ0n) is 8.91. The van der Waals surface area contributed by atoms with Gasteiger partial charge in [-0.2, -0.15) is 4.79 Å². The van der Waals surface area contributed by atoms with Gasteiger partial charge in [0.1, 0.15) is 0 Å². The first kappa shape index (κ1) is 13.3. The molecule has 0 bridgehead atoms. The second-order valence-electron chi connectivity index (χ2n) is 3.51. The molecule has 0 atom stereocenters. The van der Waals surface area contributed by atoms with Gasteiger partial charge < -0.3 is 17.0 Å². The Hall–Kier alpha value is -0.700. The number of nitrogens with two attached hydrogens (primary N) is 2. The van der Waals surface area contributed by atoms with Crippen molar-refractivity contribution in [2.24, 2.45) is 11.5 Å². The first-order valence-corrected chi connectivity index (χ1v) is 5.45. The minimum absolute atomic E-state index is 0.659. The topological polar surface area (TPSA) is 88.4 Å². The highest BCUT2D eigenvalue weighted by Crippen LogP contribution is 2.05. The van der Waals surface area contributed by atoms with E-state index in [2.05, 4.69) is 4.79 Å². The molecule has 4 N–H and O–H groups in total. The molecule has 0 saturated heterocycles. The first-order chi connectivity index (χ1) is 6.85. The third-order valence-electron chi connectivity index (χ3n) is 2.23. The molecule has 0 rings (SSSR count). The number of nitrogens with zero attached hydrogens (tertiary/aromatic N) is 2. The lowest BCUT2D eigenvalue weighted by Crippen LogP contribution is -2.05. The van der Waals surface area contributed by atoms with Crippen LogP contribution in [-0.4, -0.2) is 23.6 Å². The lowest BCUT2D eigenvalue weighted by molar-refractivity contribution is -0.0117. The van der Waals surface area contributed by atoms with Crippen molar-refractivity contribution in [1.29, 1.82) is 0 Å². The molecule has 0 unspecified atom stereocenters. The van der Waals surface area contributed by atoms with Gasteiger partial charge in [0, 0.05) is 12.8 Å². The molecule has 4 nitrogen and oxygen atoms in total. The van der Waals surface area contributed by atoms with Crippen LogP contribution in [0.2, 0.25) is 0 Å². The van der Waals surface area contributed by atoms with E-state index in [1.807, 2.05) is 0 Å². The monoisotopic (exact) mass is 198 g/mol. The molecule has 0 aromatic rings. The lowest BCUT2D eigenvalue weighted by Gasteiger charge is -1.97. The Labute approximate surface area is 86.3 Å². The summed E-state index contributed by atoms with van der Waals surface area (Å²) in [5.41, 5.74) is 20.3. The van der Waals surface area contributed by atoms with Crippen molar-refractivity contribution in [1.82, 2.24) is 0 Å². The summed E-state index contributed by atoms with van der Waals surface area (Å²) in [5, 5.41) is 0. The van der Waals surface area contributed by atoms with Crippen molar-refractivity contribution in [3.63, 3.8) is 0 Å². The van der Waals surface area contributed by atoms with Gasteiger partial charge in [-0.3, -0.25) is 0 Å². The molecule has 0 amide bonds. The van der Waals surface area contributed by atoms with E-state index >= 15 is 0 Å². The van der Waals surface area contributed by atoms with Gasteiger partial charge in [0.2, 0.25) is 0 Å². The Kier molecular flexibility index (Phi) is 9.86. The molecule has 0 saturated carbocycles. The summed E-state index contributed by atoms with van der Waals surface area (Å²) in [5.74, 6) is 0. The van der Waals surface area contributed by atoms with E-state index in [1.54, 1.807) is 0 Å². The highest BCUT2D eigenvalue weighted by Gasteiger charge is 2.06. The van der Waals surface area contributed by atoms with E-state index in [4.69, 9.17) is 17.0 Å². The maximum atomic E-state index is 8.68. The summed E-state index contributed by atoms with van der Waals surface area (Å²) < 4.78 is 0. The minimum atomic E-state index is 0.659. The van der Waals surface area contributed by atoms with E-state index < -0.39 is 0 Å². The average Bonchev–Trinajstić information content (AvgIpc) is 2.22. The summed E-state index contributed by atoms with van der Waals surface area (Å²) in [6.45, 7) is 1.43. The molecule has 0 aliphatic carbocycles. The second kappa shape index (κ2) is 10.4. The predicted molar refractivity (Wildman–Crippen MR) is 59.1 cm³/mol. The van der Waals surface area contributed by atoms with Crippen LogP contribution in [0.5, 0.6) is 0 Å². The smallest absolute Gasteiger partial charge is 0.268 e. The zero-order chi connectivity index (χ0) is 10.6. The molecule has 0 aromatic heterocycles. The fraction of sp³-hybridized carbons (Fsp3) is 0.900. The zero-order valence-corrected chi connectivity index (χ0v) is 8.91. The van der Waals surface area contributed by atoms with Crippen LogP contribution in [0.25, 0.3) is 5.53 Å². The van der Waals surface area contributed by atoms with Crippen molar-refractivity contribution in [2.75, 3.05) is 13.1 Å².